The van der Waals surface area contributed by atoms with E-state index in [4.69, 9.17) is 10.3 Å². The molecule has 0 saturated heterocycles. The Morgan fingerprint density at radius 1 is 1.33 bits per heavy atom. The highest BCUT2D eigenvalue weighted by Gasteiger charge is 2.12. The molecule has 98 valence electrons. The van der Waals surface area contributed by atoms with E-state index in [1.54, 1.807) is 0 Å². The first kappa shape index (κ1) is 12.8. The topological polar surface area (TPSA) is 82.8 Å². The Labute approximate surface area is 106 Å². The van der Waals surface area contributed by atoms with Crippen LogP contribution in [0.3, 0.4) is 0 Å². The minimum atomic E-state index is 0.505. The Morgan fingerprint density at radius 3 is 2.72 bits per heavy atom. The van der Waals surface area contributed by atoms with E-state index in [0.29, 0.717) is 24.8 Å². The van der Waals surface area contributed by atoms with Crippen LogP contribution in [0.2, 0.25) is 0 Å². The minimum absolute atomic E-state index is 0.505. The fourth-order valence-electron chi connectivity index (χ4n) is 1.99. The molecule has 0 aliphatic carbocycles. The smallest absolute Gasteiger partial charge is 0.226 e. The summed E-state index contributed by atoms with van der Waals surface area (Å²) in [5, 5.41) is 8.40. The monoisotopic (exact) mass is 249 g/mol. The summed E-state index contributed by atoms with van der Waals surface area (Å²) in [6, 6.07) is 0. The number of rotatable bonds is 5. The summed E-state index contributed by atoms with van der Waals surface area (Å²) >= 11 is 0. The van der Waals surface area contributed by atoms with Gasteiger partial charge < -0.3 is 10.3 Å². The fourth-order valence-corrected chi connectivity index (χ4v) is 1.99. The first-order valence-electron chi connectivity index (χ1n) is 6.20. The van der Waals surface area contributed by atoms with Gasteiger partial charge in [0, 0.05) is 24.2 Å². The van der Waals surface area contributed by atoms with Gasteiger partial charge in [0.25, 0.3) is 0 Å². The molecular weight excluding hydrogens is 230 g/mol. The second-order valence-electron chi connectivity index (χ2n) is 4.37. The summed E-state index contributed by atoms with van der Waals surface area (Å²) in [7, 11) is 0. The van der Waals surface area contributed by atoms with Crippen molar-refractivity contribution in [3.63, 3.8) is 0 Å². The van der Waals surface area contributed by atoms with Crippen LogP contribution in [-0.2, 0) is 19.5 Å². The maximum Gasteiger partial charge on any atom is 0.226 e. The summed E-state index contributed by atoms with van der Waals surface area (Å²) in [5.41, 5.74) is 8.82. The standard InChI is InChI=1S/C12H19N5O/c1-4-5-12-14-11(16-18-12)7-17-9(3)10(6-13)8(2)15-17/h4-7,13H2,1-3H3. The average Bonchev–Trinajstić information content (AvgIpc) is 2.87. The summed E-state index contributed by atoms with van der Waals surface area (Å²) in [6.07, 6.45) is 1.82. The number of nitrogens with zero attached hydrogens (tertiary/aromatic N) is 4. The molecule has 0 atom stereocenters. The van der Waals surface area contributed by atoms with Gasteiger partial charge in [0.2, 0.25) is 5.89 Å². The molecule has 6 heteroatoms. The number of hydrogen-bond acceptors (Lipinski definition) is 5. The summed E-state index contributed by atoms with van der Waals surface area (Å²) in [6.45, 7) is 7.09. The van der Waals surface area contributed by atoms with Crippen molar-refractivity contribution in [2.45, 2.75) is 46.7 Å². The molecule has 6 nitrogen and oxygen atoms in total. The molecule has 0 spiro atoms. The molecule has 0 aliphatic heterocycles. The van der Waals surface area contributed by atoms with Crippen LogP contribution in [0.25, 0.3) is 0 Å². The zero-order chi connectivity index (χ0) is 13.1. The molecule has 0 aromatic carbocycles. The first-order chi connectivity index (χ1) is 8.65. The molecule has 0 saturated carbocycles. The van der Waals surface area contributed by atoms with Crippen LogP contribution in [0.1, 0.15) is 42.0 Å². The van der Waals surface area contributed by atoms with Gasteiger partial charge in [-0.25, -0.2) is 0 Å². The minimum Gasteiger partial charge on any atom is -0.339 e. The molecule has 0 aliphatic rings. The maximum absolute atomic E-state index is 5.70. The van der Waals surface area contributed by atoms with Gasteiger partial charge in [0.15, 0.2) is 5.82 Å². The van der Waals surface area contributed by atoms with Crippen molar-refractivity contribution >= 4 is 0 Å². The van der Waals surface area contributed by atoms with Crippen molar-refractivity contribution in [1.82, 2.24) is 19.9 Å². The fraction of sp³-hybridized carbons (Fsp3) is 0.583. The molecule has 0 fully saturated rings. The predicted molar refractivity (Wildman–Crippen MR) is 67.0 cm³/mol. The van der Waals surface area contributed by atoms with Crippen LogP contribution < -0.4 is 5.73 Å². The van der Waals surface area contributed by atoms with Gasteiger partial charge in [-0.3, -0.25) is 4.68 Å². The SMILES string of the molecule is CCCc1nc(Cn2nc(C)c(CN)c2C)no1. The lowest BCUT2D eigenvalue weighted by atomic mass is 10.2. The normalized spacial score (nSPS) is 11.1. The Bertz CT molecular complexity index is 529. The zero-order valence-corrected chi connectivity index (χ0v) is 11.1. The van der Waals surface area contributed by atoms with E-state index in [2.05, 4.69) is 22.2 Å². The molecule has 2 aromatic rings. The van der Waals surface area contributed by atoms with Gasteiger partial charge >= 0.3 is 0 Å². The van der Waals surface area contributed by atoms with Crippen LogP contribution in [0.15, 0.2) is 4.52 Å². The predicted octanol–water partition coefficient (Wildman–Crippen LogP) is 1.34. The summed E-state index contributed by atoms with van der Waals surface area (Å²) in [5.74, 6) is 1.35. The van der Waals surface area contributed by atoms with Crippen LogP contribution in [0, 0.1) is 13.8 Å². The number of aromatic nitrogens is 4. The van der Waals surface area contributed by atoms with Crippen molar-refractivity contribution in [2.24, 2.45) is 5.73 Å². The number of nitrogens with two attached hydrogens (primary N) is 1. The van der Waals surface area contributed by atoms with E-state index in [-0.39, 0.29) is 0 Å². The number of hydrogen-bond donors (Lipinski definition) is 1. The molecular formula is C12H19N5O. The van der Waals surface area contributed by atoms with Crippen molar-refractivity contribution in [3.8, 4) is 0 Å². The van der Waals surface area contributed by atoms with E-state index in [9.17, 15) is 0 Å². The number of aryl methyl sites for hydroxylation is 2. The lowest BCUT2D eigenvalue weighted by Crippen LogP contribution is -2.06. The van der Waals surface area contributed by atoms with Crippen molar-refractivity contribution in [1.29, 1.82) is 0 Å². The third kappa shape index (κ3) is 2.43. The Kier molecular flexibility index (Phi) is 3.76. The quantitative estimate of drug-likeness (QED) is 0.864. The Hall–Kier alpha value is -1.69. The van der Waals surface area contributed by atoms with Gasteiger partial charge in [-0.15, -0.1) is 0 Å². The Morgan fingerprint density at radius 2 is 2.11 bits per heavy atom. The Balaban J connectivity index is 2.17. The van der Waals surface area contributed by atoms with E-state index >= 15 is 0 Å². The van der Waals surface area contributed by atoms with Crippen molar-refractivity contribution in [3.05, 3.63) is 28.7 Å². The van der Waals surface area contributed by atoms with E-state index in [1.165, 1.54) is 0 Å². The van der Waals surface area contributed by atoms with E-state index < -0.39 is 0 Å². The molecule has 2 rings (SSSR count). The van der Waals surface area contributed by atoms with Crippen molar-refractivity contribution < 1.29 is 4.52 Å². The molecule has 2 heterocycles. The molecule has 18 heavy (non-hydrogen) atoms. The van der Waals surface area contributed by atoms with Gasteiger partial charge in [-0.05, 0) is 20.3 Å². The zero-order valence-electron chi connectivity index (χ0n) is 11.1. The van der Waals surface area contributed by atoms with Gasteiger partial charge in [-0.2, -0.15) is 10.1 Å². The second kappa shape index (κ2) is 5.30. The molecule has 0 unspecified atom stereocenters. The third-order valence-corrected chi connectivity index (χ3v) is 3.00. The van der Waals surface area contributed by atoms with Crippen molar-refractivity contribution in [2.75, 3.05) is 0 Å². The summed E-state index contributed by atoms with van der Waals surface area (Å²) < 4.78 is 7.03. The molecule has 2 N–H and O–H groups in total. The van der Waals surface area contributed by atoms with Gasteiger partial charge in [0.05, 0.1) is 5.69 Å². The maximum atomic E-state index is 5.70. The highest BCUT2D eigenvalue weighted by Crippen LogP contribution is 2.13. The van der Waals surface area contributed by atoms with E-state index in [1.807, 2.05) is 18.5 Å². The molecule has 0 amide bonds. The highest BCUT2D eigenvalue weighted by atomic mass is 16.5. The first-order valence-corrected chi connectivity index (χ1v) is 6.20. The van der Waals surface area contributed by atoms with Gasteiger partial charge in [-0.1, -0.05) is 12.1 Å². The van der Waals surface area contributed by atoms with Crippen LogP contribution in [-0.4, -0.2) is 19.9 Å². The summed E-state index contributed by atoms with van der Waals surface area (Å²) in [4.78, 5) is 4.33. The van der Waals surface area contributed by atoms with Crippen LogP contribution >= 0.6 is 0 Å². The average molecular weight is 249 g/mol. The van der Waals surface area contributed by atoms with E-state index in [0.717, 1.165) is 29.8 Å². The van der Waals surface area contributed by atoms with Crippen LogP contribution in [0.4, 0.5) is 0 Å². The lowest BCUT2D eigenvalue weighted by molar-refractivity contribution is 0.370. The largest absolute Gasteiger partial charge is 0.339 e. The molecule has 0 radical (unpaired) electrons. The van der Waals surface area contributed by atoms with Gasteiger partial charge in [0.1, 0.15) is 6.54 Å². The van der Waals surface area contributed by atoms with Crippen LogP contribution in [0.5, 0.6) is 0 Å². The second-order valence-corrected chi connectivity index (χ2v) is 4.37. The highest BCUT2D eigenvalue weighted by molar-refractivity contribution is 5.24. The molecule has 2 aromatic heterocycles. The lowest BCUT2D eigenvalue weighted by Gasteiger charge is -2.00. The molecule has 0 bridgehead atoms. The third-order valence-electron chi connectivity index (χ3n) is 3.00.